The van der Waals surface area contributed by atoms with Crippen LogP contribution in [0.25, 0.3) is 0 Å². The molecule has 3 rings (SSSR count). The Morgan fingerprint density at radius 1 is 1.30 bits per heavy atom. The highest BCUT2D eigenvalue weighted by Gasteiger charge is 2.42. The van der Waals surface area contributed by atoms with Crippen molar-refractivity contribution in [3.05, 3.63) is 28.3 Å². The number of fused-ring (bicyclic) bond motifs is 2. The molecule has 2 aliphatic carbocycles. The highest BCUT2D eigenvalue weighted by atomic mass is 32.2. The first-order valence-electron chi connectivity index (χ1n) is 8.00. The van der Waals surface area contributed by atoms with Crippen molar-refractivity contribution in [3.8, 4) is 0 Å². The summed E-state index contributed by atoms with van der Waals surface area (Å²) in [6.07, 6.45) is 6.10. The van der Waals surface area contributed by atoms with Crippen LogP contribution < -0.4 is 5.32 Å². The molecule has 0 amide bonds. The zero-order valence-electron chi connectivity index (χ0n) is 13.4. The van der Waals surface area contributed by atoms with Crippen molar-refractivity contribution in [1.82, 2.24) is 0 Å². The van der Waals surface area contributed by atoms with Gasteiger partial charge in [0, 0.05) is 18.4 Å². The van der Waals surface area contributed by atoms with Gasteiger partial charge in [-0.1, -0.05) is 6.42 Å². The fourth-order valence-corrected chi connectivity index (χ4v) is 4.91. The third-order valence-corrected chi connectivity index (χ3v) is 6.52. The van der Waals surface area contributed by atoms with Crippen LogP contribution in [0.15, 0.2) is 23.1 Å². The lowest BCUT2D eigenvalue weighted by Crippen LogP contribution is -2.30. The number of rotatable bonds is 5. The summed E-state index contributed by atoms with van der Waals surface area (Å²) in [6, 6.07) is 4.23. The smallest absolute Gasteiger partial charge is 0.293 e. The van der Waals surface area contributed by atoms with E-state index in [2.05, 4.69) is 12.2 Å². The predicted molar refractivity (Wildman–Crippen MR) is 88.2 cm³/mol. The second kappa shape index (κ2) is 5.78. The molecule has 0 radical (unpaired) electrons. The molecule has 0 aliphatic heterocycles. The second-order valence-corrected chi connectivity index (χ2v) is 9.00. The van der Waals surface area contributed by atoms with Gasteiger partial charge < -0.3 is 5.32 Å². The van der Waals surface area contributed by atoms with Gasteiger partial charge in [0.1, 0.15) is 5.69 Å². The highest BCUT2D eigenvalue weighted by molar-refractivity contribution is 7.90. The van der Waals surface area contributed by atoms with Gasteiger partial charge >= 0.3 is 0 Å². The van der Waals surface area contributed by atoms with E-state index in [4.69, 9.17) is 0 Å². The molecular formula is C16H22N2O4S. The fraction of sp³-hybridized carbons (Fsp3) is 0.625. The number of sulfone groups is 1. The minimum Gasteiger partial charge on any atom is -0.377 e. The van der Waals surface area contributed by atoms with E-state index in [-0.39, 0.29) is 16.6 Å². The molecule has 1 aromatic rings. The number of nitro benzene ring substituents is 1. The number of hydrogen-bond donors (Lipinski definition) is 1. The molecule has 0 spiro atoms. The number of nitrogens with zero attached hydrogens (tertiary/aromatic N) is 1. The van der Waals surface area contributed by atoms with Crippen molar-refractivity contribution in [3.63, 3.8) is 0 Å². The number of nitrogens with one attached hydrogen (secondary N) is 1. The summed E-state index contributed by atoms with van der Waals surface area (Å²) >= 11 is 0. The van der Waals surface area contributed by atoms with Crippen LogP contribution in [0.5, 0.6) is 0 Å². The molecule has 6 nitrogen and oxygen atoms in total. The molecule has 4 atom stereocenters. The van der Waals surface area contributed by atoms with E-state index in [1.807, 2.05) is 0 Å². The van der Waals surface area contributed by atoms with Crippen LogP contribution in [0.4, 0.5) is 11.4 Å². The Morgan fingerprint density at radius 2 is 2.04 bits per heavy atom. The Balaban J connectivity index is 1.83. The molecule has 1 aromatic carbocycles. The van der Waals surface area contributed by atoms with E-state index in [9.17, 15) is 18.5 Å². The van der Waals surface area contributed by atoms with Crippen LogP contribution in [-0.4, -0.2) is 25.6 Å². The summed E-state index contributed by atoms with van der Waals surface area (Å²) in [5.74, 6) is 2.08. The Kier molecular flexibility index (Phi) is 4.08. The lowest BCUT2D eigenvalue weighted by atomic mass is 9.84. The molecular weight excluding hydrogens is 316 g/mol. The first-order valence-corrected chi connectivity index (χ1v) is 9.90. The third-order valence-electron chi connectivity index (χ3n) is 5.41. The lowest BCUT2D eigenvalue weighted by molar-refractivity contribution is -0.384. The predicted octanol–water partition coefficient (Wildman–Crippen LogP) is 3.23. The number of anilines is 1. The van der Waals surface area contributed by atoms with Crippen molar-refractivity contribution < 1.29 is 13.3 Å². The third kappa shape index (κ3) is 3.20. The van der Waals surface area contributed by atoms with Gasteiger partial charge in [0.25, 0.3) is 5.69 Å². The van der Waals surface area contributed by atoms with Crippen molar-refractivity contribution in [1.29, 1.82) is 0 Å². The van der Waals surface area contributed by atoms with E-state index in [1.165, 1.54) is 37.8 Å². The SMILES string of the molecule is CC(Nc1ccc(S(C)(=O)=O)cc1[N+](=O)[O-])C1CC2CCC1C2. The summed E-state index contributed by atoms with van der Waals surface area (Å²) in [6.45, 7) is 2.07. The molecule has 126 valence electrons. The maximum Gasteiger partial charge on any atom is 0.293 e. The topological polar surface area (TPSA) is 89.3 Å². The van der Waals surface area contributed by atoms with Crippen molar-refractivity contribution in [2.45, 2.75) is 43.5 Å². The van der Waals surface area contributed by atoms with E-state index >= 15 is 0 Å². The minimum atomic E-state index is -3.46. The molecule has 2 aliphatic rings. The van der Waals surface area contributed by atoms with Gasteiger partial charge in [0.2, 0.25) is 0 Å². The van der Waals surface area contributed by atoms with Crippen LogP contribution in [0.3, 0.4) is 0 Å². The van der Waals surface area contributed by atoms with Crippen molar-refractivity contribution in [2.75, 3.05) is 11.6 Å². The quantitative estimate of drug-likeness (QED) is 0.657. The lowest BCUT2D eigenvalue weighted by Gasteiger charge is -2.29. The Labute approximate surface area is 136 Å². The van der Waals surface area contributed by atoms with Crippen molar-refractivity contribution in [2.24, 2.45) is 17.8 Å². The Hall–Kier alpha value is -1.63. The molecule has 2 bridgehead atoms. The molecule has 2 fully saturated rings. The van der Waals surface area contributed by atoms with Crippen LogP contribution in [0, 0.1) is 27.9 Å². The van der Waals surface area contributed by atoms with Gasteiger partial charge in [0.05, 0.1) is 9.82 Å². The Morgan fingerprint density at radius 3 is 2.57 bits per heavy atom. The number of benzene rings is 1. The molecule has 2 saturated carbocycles. The van der Waals surface area contributed by atoms with Gasteiger partial charge in [-0.15, -0.1) is 0 Å². The molecule has 0 saturated heterocycles. The zero-order valence-corrected chi connectivity index (χ0v) is 14.2. The molecule has 23 heavy (non-hydrogen) atoms. The molecule has 1 N–H and O–H groups in total. The van der Waals surface area contributed by atoms with Crippen LogP contribution in [0.2, 0.25) is 0 Å². The standard InChI is InChI=1S/C16H22N2O4S/c1-10(14-8-11-3-4-12(14)7-11)17-15-6-5-13(23(2,21)22)9-16(15)18(19)20/h5-6,9-12,14,17H,3-4,7-8H2,1-2H3. The molecule has 0 heterocycles. The first kappa shape index (κ1) is 16.2. The first-order chi connectivity index (χ1) is 10.8. The van der Waals surface area contributed by atoms with E-state index < -0.39 is 14.8 Å². The summed E-state index contributed by atoms with van der Waals surface area (Å²) in [4.78, 5) is 10.8. The summed E-state index contributed by atoms with van der Waals surface area (Å²) < 4.78 is 23.2. The van der Waals surface area contributed by atoms with Gasteiger partial charge in [-0.05, 0) is 56.1 Å². The van der Waals surface area contributed by atoms with Gasteiger partial charge in [0.15, 0.2) is 9.84 Å². The summed E-state index contributed by atoms with van der Waals surface area (Å²) in [5, 5.41) is 14.6. The van der Waals surface area contributed by atoms with Gasteiger partial charge in [-0.2, -0.15) is 0 Å². The average molecular weight is 338 g/mol. The maximum atomic E-state index is 11.6. The molecule has 0 aromatic heterocycles. The highest BCUT2D eigenvalue weighted by Crippen LogP contribution is 2.50. The largest absolute Gasteiger partial charge is 0.377 e. The van der Waals surface area contributed by atoms with E-state index in [0.717, 1.165) is 24.2 Å². The van der Waals surface area contributed by atoms with Crippen LogP contribution in [-0.2, 0) is 9.84 Å². The molecule has 4 unspecified atom stereocenters. The normalized spacial score (nSPS) is 27.8. The average Bonchev–Trinajstić information content (AvgIpc) is 3.08. The van der Waals surface area contributed by atoms with Crippen molar-refractivity contribution >= 4 is 21.2 Å². The van der Waals surface area contributed by atoms with Gasteiger partial charge in [-0.25, -0.2) is 8.42 Å². The van der Waals surface area contributed by atoms with Crippen LogP contribution in [0.1, 0.15) is 32.6 Å². The number of hydrogen-bond acceptors (Lipinski definition) is 5. The van der Waals surface area contributed by atoms with E-state index in [1.54, 1.807) is 0 Å². The fourth-order valence-electron chi connectivity index (χ4n) is 4.27. The van der Waals surface area contributed by atoms with Gasteiger partial charge in [-0.3, -0.25) is 10.1 Å². The molecule has 7 heteroatoms. The van der Waals surface area contributed by atoms with Crippen LogP contribution >= 0.6 is 0 Å². The number of nitro groups is 1. The summed E-state index contributed by atoms with van der Waals surface area (Å²) in [7, 11) is -3.46. The monoisotopic (exact) mass is 338 g/mol. The summed E-state index contributed by atoms with van der Waals surface area (Å²) in [5.41, 5.74) is 0.223. The second-order valence-electron chi connectivity index (χ2n) is 6.98. The zero-order chi connectivity index (χ0) is 16.8. The maximum absolute atomic E-state index is 11.6. The Bertz CT molecular complexity index is 732. The van der Waals surface area contributed by atoms with E-state index in [0.29, 0.717) is 11.6 Å². The minimum absolute atomic E-state index is 0.0256.